The van der Waals surface area contributed by atoms with Crippen LogP contribution in [0.25, 0.3) is 0 Å². The van der Waals surface area contributed by atoms with Gasteiger partial charge in [-0.1, -0.05) is 11.6 Å². The lowest BCUT2D eigenvalue weighted by Gasteiger charge is -2.04. The molecule has 1 aromatic rings. The summed E-state index contributed by atoms with van der Waals surface area (Å²) in [5.41, 5.74) is 0.801. The molecule has 3 nitrogen and oxygen atoms in total. The van der Waals surface area contributed by atoms with E-state index in [0.29, 0.717) is 5.15 Å². The number of esters is 1. The first-order valence-electron chi connectivity index (χ1n) is 3.53. The maximum Gasteiger partial charge on any atom is 0.302 e. The lowest BCUT2D eigenvalue weighted by molar-refractivity contribution is -0.142. The quantitative estimate of drug-likeness (QED) is 0.609. The highest BCUT2D eigenvalue weighted by atomic mass is 79.9. The van der Waals surface area contributed by atoms with Crippen LogP contribution in [0.3, 0.4) is 0 Å². The Labute approximate surface area is 89.2 Å². The third-order valence-electron chi connectivity index (χ3n) is 1.33. The van der Waals surface area contributed by atoms with Gasteiger partial charge in [0.1, 0.15) is 11.8 Å². The van der Waals surface area contributed by atoms with Crippen molar-refractivity contribution in [2.45, 2.75) is 13.5 Å². The van der Waals surface area contributed by atoms with Crippen LogP contribution in [0.4, 0.5) is 0 Å². The normalized spacial score (nSPS) is 9.77. The van der Waals surface area contributed by atoms with Crippen molar-refractivity contribution in [3.8, 4) is 0 Å². The maximum atomic E-state index is 10.5. The molecule has 1 rings (SSSR count). The van der Waals surface area contributed by atoms with Gasteiger partial charge in [-0.05, 0) is 22.0 Å². The Hall–Kier alpha value is -0.610. The predicted octanol–water partition coefficient (Wildman–Crippen LogP) is 2.56. The minimum atomic E-state index is -0.320. The largest absolute Gasteiger partial charge is 0.461 e. The fourth-order valence-corrected chi connectivity index (χ4v) is 1.25. The Morgan fingerprint density at radius 1 is 1.77 bits per heavy atom. The molecule has 1 aromatic heterocycles. The molecule has 0 aliphatic rings. The van der Waals surface area contributed by atoms with Crippen molar-refractivity contribution in [1.82, 2.24) is 4.98 Å². The molecule has 0 unspecified atom stereocenters. The van der Waals surface area contributed by atoms with Gasteiger partial charge in [0.2, 0.25) is 0 Å². The summed E-state index contributed by atoms with van der Waals surface area (Å²) in [6, 6.07) is 1.65. The Balaban J connectivity index is 2.75. The van der Waals surface area contributed by atoms with E-state index in [2.05, 4.69) is 20.9 Å². The molecular formula is C8H7BrClNO2. The van der Waals surface area contributed by atoms with Crippen LogP contribution in [-0.4, -0.2) is 11.0 Å². The molecule has 0 atom stereocenters. The zero-order chi connectivity index (χ0) is 9.84. The van der Waals surface area contributed by atoms with Crippen molar-refractivity contribution in [2.24, 2.45) is 0 Å². The second kappa shape index (κ2) is 4.58. The van der Waals surface area contributed by atoms with Crippen LogP contribution in [0.15, 0.2) is 16.7 Å². The van der Waals surface area contributed by atoms with Gasteiger partial charge in [0.15, 0.2) is 0 Å². The van der Waals surface area contributed by atoms with Gasteiger partial charge in [-0.15, -0.1) is 0 Å². The van der Waals surface area contributed by atoms with Crippen LogP contribution in [0, 0.1) is 0 Å². The van der Waals surface area contributed by atoms with Gasteiger partial charge < -0.3 is 4.74 Å². The predicted molar refractivity (Wildman–Crippen MR) is 52.4 cm³/mol. The number of nitrogens with zero attached hydrogens (tertiary/aromatic N) is 1. The van der Waals surface area contributed by atoms with E-state index >= 15 is 0 Å². The molecule has 0 bridgehead atoms. The zero-order valence-corrected chi connectivity index (χ0v) is 9.22. The smallest absolute Gasteiger partial charge is 0.302 e. The highest BCUT2D eigenvalue weighted by Crippen LogP contribution is 2.19. The van der Waals surface area contributed by atoms with Gasteiger partial charge in [-0.25, -0.2) is 4.98 Å². The van der Waals surface area contributed by atoms with E-state index < -0.39 is 0 Å². The van der Waals surface area contributed by atoms with Crippen molar-refractivity contribution in [3.63, 3.8) is 0 Å². The minimum Gasteiger partial charge on any atom is -0.461 e. The fourth-order valence-electron chi connectivity index (χ4n) is 0.741. The number of hydrogen-bond acceptors (Lipinski definition) is 3. The van der Waals surface area contributed by atoms with E-state index in [-0.39, 0.29) is 12.6 Å². The Bertz CT molecular complexity index is 330. The average Bonchev–Trinajstić information content (AvgIpc) is 2.06. The molecule has 0 N–H and O–H groups in total. The van der Waals surface area contributed by atoms with Gasteiger partial charge in [-0.3, -0.25) is 4.79 Å². The molecule has 70 valence electrons. The maximum absolute atomic E-state index is 10.5. The number of rotatable bonds is 2. The van der Waals surface area contributed by atoms with E-state index in [1.54, 1.807) is 12.3 Å². The Morgan fingerprint density at radius 2 is 2.46 bits per heavy atom. The highest BCUT2D eigenvalue weighted by Gasteiger charge is 2.03. The number of carbonyl (C=O) groups is 1. The Kier molecular flexibility index (Phi) is 3.69. The average molecular weight is 265 g/mol. The topological polar surface area (TPSA) is 39.2 Å². The van der Waals surface area contributed by atoms with Gasteiger partial charge >= 0.3 is 5.97 Å². The van der Waals surface area contributed by atoms with Gasteiger partial charge in [0.25, 0.3) is 0 Å². The summed E-state index contributed by atoms with van der Waals surface area (Å²) in [6.07, 6.45) is 1.57. The van der Waals surface area contributed by atoms with Crippen LogP contribution < -0.4 is 0 Å². The molecule has 0 fully saturated rings. The monoisotopic (exact) mass is 263 g/mol. The Morgan fingerprint density at radius 3 is 3.08 bits per heavy atom. The third-order valence-corrected chi connectivity index (χ3v) is 2.25. The molecule has 0 aliphatic heterocycles. The van der Waals surface area contributed by atoms with Crippen molar-refractivity contribution in [3.05, 3.63) is 27.5 Å². The molecule has 0 saturated heterocycles. The molecule has 0 aromatic carbocycles. The molecule has 0 amide bonds. The number of hydrogen-bond donors (Lipinski definition) is 0. The SMILES string of the molecule is CC(=O)OCc1cc(Cl)ncc1Br. The molecule has 1 heterocycles. The van der Waals surface area contributed by atoms with Crippen molar-refractivity contribution < 1.29 is 9.53 Å². The number of halogens is 2. The van der Waals surface area contributed by atoms with Crippen LogP contribution in [0.5, 0.6) is 0 Å². The van der Waals surface area contributed by atoms with Crippen LogP contribution in [0.1, 0.15) is 12.5 Å². The number of pyridine rings is 1. The molecule has 0 saturated carbocycles. The van der Waals surface area contributed by atoms with E-state index in [0.717, 1.165) is 10.0 Å². The number of ether oxygens (including phenoxy) is 1. The molecule has 5 heteroatoms. The summed E-state index contributed by atoms with van der Waals surface area (Å²) in [4.78, 5) is 14.4. The van der Waals surface area contributed by atoms with Crippen LogP contribution >= 0.6 is 27.5 Å². The van der Waals surface area contributed by atoms with Crippen LogP contribution in [0.2, 0.25) is 5.15 Å². The van der Waals surface area contributed by atoms with E-state index in [9.17, 15) is 4.79 Å². The molecule has 13 heavy (non-hydrogen) atoms. The minimum absolute atomic E-state index is 0.207. The van der Waals surface area contributed by atoms with E-state index in [1.807, 2.05) is 0 Å². The van der Waals surface area contributed by atoms with Gasteiger partial charge in [0, 0.05) is 23.2 Å². The van der Waals surface area contributed by atoms with E-state index in [1.165, 1.54) is 6.92 Å². The first kappa shape index (κ1) is 10.5. The summed E-state index contributed by atoms with van der Waals surface area (Å²) in [5.74, 6) is -0.320. The lowest BCUT2D eigenvalue weighted by Crippen LogP contribution is -1.99. The lowest BCUT2D eigenvalue weighted by atomic mass is 10.3. The number of carbonyl (C=O) groups excluding carboxylic acids is 1. The van der Waals surface area contributed by atoms with Crippen LogP contribution in [-0.2, 0) is 16.1 Å². The second-order valence-corrected chi connectivity index (χ2v) is 3.62. The third kappa shape index (κ3) is 3.32. The molecule has 0 aliphatic carbocycles. The van der Waals surface area contributed by atoms with E-state index in [4.69, 9.17) is 16.3 Å². The molecule has 0 radical (unpaired) electrons. The summed E-state index contributed by atoms with van der Waals surface area (Å²) < 4.78 is 5.58. The first-order chi connectivity index (χ1) is 6.09. The van der Waals surface area contributed by atoms with Crippen molar-refractivity contribution in [2.75, 3.05) is 0 Å². The zero-order valence-electron chi connectivity index (χ0n) is 6.88. The standard InChI is InChI=1S/C8H7BrClNO2/c1-5(12)13-4-6-2-8(10)11-3-7(6)9/h2-3H,4H2,1H3. The highest BCUT2D eigenvalue weighted by molar-refractivity contribution is 9.10. The fraction of sp³-hybridized carbons (Fsp3) is 0.250. The second-order valence-electron chi connectivity index (χ2n) is 2.38. The van der Waals surface area contributed by atoms with Gasteiger partial charge in [-0.2, -0.15) is 0 Å². The molecular weight excluding hydrogens is 257 g/mol. The number of aromatic nitrogens is 1. The summed E-state index contributed by atoms with van der Waals surface area (Å²) in [6.45, 7) is 1.56. The summed E-state index contributed by atoms with van der Waals surface area (Å²) in [5, 5.41) is 0.380. The van der Waals surface area contributed by atoms with Gasteiger partial charge in [0.05, 0.1) is 0 Å². The first-order valence-corrected chi connectivity index (χ1v) is 4.70. The summed E-state index contributed by atoms with van der Waals surface area (Å²) in [7, 11) is 0. The van der Waals surface area contributed by atoms with Crippen molar-refractivity contribution in [1.29, 1.82) is 0 Å². The molecule has 0 spiro atoms. The summed E-state index contributed by atoms with van der Waals surface area (Å²) >= 11 is 8.93. The van der Waals surface area contributed by atoms with Crippen molar-refractivity contribution >= 4 is 33.5 Å².